The van der Waals surface area contributed by atoms with Gasteiger partial charge >= 0.3 is 0 Å². The second-order valence-electron chi connectivity index (χ2n) is 9.94. The van der Waals surface area contributed by atoms with Gasteiger partial charge in [-0.2, -0.15) is 5.26 Å². The van der Waals surface area contributed by atoms with Gasteiger partial charge in [0.25, 0.3) is 11.8 Å². The van der Waals surface area contributed by atoms with E-state index in [9.17, 15) is 14.9 Å². The maximum absolute atomic E-state index is 13.4. The number of amides is 2. The molecule has 0 fully saturated rings. The molecular formula is C27H40N4O2S. The third-order valence-corrected chi connectivity index (χ3v) is 7.09. The van der Waals surface area contributed by atoms with Crippen molar-refractivity contribution in [1.29, 1.82) is 5.26 Å². The minimum Gasteiger partial charge on any atom is -0.348 e. The Balaban J connectivity index is 2.62. The van der Waals surface area contributed by atoms with E-state index in [0.29, 0.717) is 24.1 Å². The monoisotopic (exact) mass is 484 g/mol. The van der Waals surface area contributed by atoms with Gasteiger partial charge in [-0.15, -0.1) is 0 Å². The van der Waals surface area contributed by atoms with Crippen LogP contribution in [-0.4, -0.2) is 41.3 Å². The first-order valence-corrected chi connectivity index (χ1v) is 13.4. The SMILES string of the molecule is CCCCN1C(=O)C(C#N)=C(C)/C(=C\c2sc(N(CCCC)CCCC)nc2C(C)(C)C)C1=O. The Kier molecular flexibility index (Phi) is 10.1. The van der Waals surface area contributed by atoms with Gasteiger partial charge in [-0.1, -0.05) is 72.1 Å². The van der Waals surface area contributed by atoms with Gasteiger partial charge in [0.15, 0.2) is 5.13 Å². The van der Waals surface area contributed by atoms with E-state index in [4.69, 9.17) is 4.98 Å². The first kappa shape index (κ1) is 27.8. The van der Waals surface area contributed by atoms with Crippen molar-refractivity contribution in [2.75, 3.05) is 24.5 Å². The highest BCUT2D eigenvalue weighted by molar-refractivity contribution is 7.16. The molecule has 0 unspecified atom stereocenters. The fourth-order valence-electron chi connectivity index (χ4n) is 3.87. The van der Waals surface area contributed by atoms with Crippen LogP contribution in [0.15, 0.2) is 16.7 Å². The van der Waals surface area contributed by atoms with Crippen molar-refractivity contribution in [3.63, 3.8) is 0 Å². The molecule has 0 bridgehead atoms. The van der Waals surface area contributed by atoms with Gasteiger partial charge in [0, 0.05) is 30.6 Å². The number of rotatable bonds is 11. The Hall–Kier alpha value is -2.46. The number of hydrogen-bond acceptors (Lipinski definition) is 6. The first-order valence-electron chi connectivity index (χ1n) is 12.6. The molecule has 0 saturated heterocycles. The molecule has 2 amide bonds. The summed E-state index contributed by atoms with van der Waals surface area (Å²) in [6, 6.07) is 2.04. The molecule has 0 N–H and O–H groups in total. The van der Waals surface area contributed by atoms with Crippen molar-refractivity contribution in [3.05, 3.63) is 27.3 Å². The van der Waals surface area contributed by atoms with E-state index in [1.54, 1.807) is 18.3 Å². The number of nitriles is 1. The first-order chi connectivity index (χ1) is 16.1. The third kappa shape index (κ3) is 6.35. The molecule has 34 heavy (non-hydrogen) atoms. The number of carbonyl (C=O) groups is 2. The minimum absolute atomic E-state index is 0.0523. The standard InChI is InChI=1S/C27H40N4O2S/c1-8-11-14-30(15-12-9-2)26-29-23(27(5,6)7)22(34-26)17-20-19(4)21(18-28)25(33)31(24(20)32)16-13-10-3/h17H,8-16H2,1-7H3/b20-17+. The van der Waals surface area contributed by atoms with Gasteiger partial charge in [-0.3, -0.25) is 14.5 Å². The van der Waals surface area contributed by atoms with Gasteiger partial charge in [-0.05, 0) is 37.8 Å². The van der Waals surface area contributed by atoms with Crippen LogP contribution in [0.3, 0.4) is 0 Å². The summed E-state index contributed by atoms with van der Waals surface area (Å²) in [6.07, 6.45) is 7.88. The highest BCUT2D eigenvalue weighted by atomic mass is 32.1. The maximum Gasteiger partial charge on any atom is 0.271 e. The summed E-state index contributed by atoms with van der Waals surface area (Å²) in [5.41, 5.74) is 1.65. The number of anilines is 1. The molecule has 0 atom stereocenters. The van der Waals surface area contributed by atoms with Crippen LogP contribution in [0.1, 0.15) is 97.6 Å². The van der Waals surface area contributed by atoms with Crippen LogP contribution in [-0.2, 0) is 15.0 Å². The van der Waals surface area contributed by atoms with Crippen molar-refractivity contribution in [2.45, 2.75) is 92.4 Å². The average Bonchev–Trinajstić information content (AvgIpc) is 3.21. The quantitative estimate of drug-likeness (QED) is 0.274. The fraction of sp³-hybridized carbons (Fsp3) is 0.630. The molecule has 186 valence electrons. The van der Waals surface area contributed by atoms with Crippen LogP contribution in [0.2, 0.25) is 0 Å². The predicted molar refractivity (Wildman–Crippen MR) is 141 cm³/mol. The third-order valence-electron chi connectivity index (χ3n) is 6.02. The highest BCUT2D eigenvalue weighted by Crippen LogP contribution is 2.37. The maximum atomic E-state index is 13.4. The van der Waals surface area contributed by atoms with Crippen LogP contribution < -0.4 is 4.90 Å². The van der Waals surface area contributed by atoms with E-state index in [1.807, 2.05) is 19.1 Å². The Morgan fingerprint density at radius 3 is 2.12 bits per heavy atom. The van der Waals surface area contributed by atoms with Gasteiger partial charge in [0.05, 0.1) is 10.6 Å². The second-order valence-corrected chi connectivity index (χ2v) is 10.9. The van der Waals surface area contributed by atoms with Crippen molar-refractivity contribution < 1.29 is 9.59 Å². The van der Waals surface area contributed by atoms with Crippen LogP contribution in [0.25, 0.3) is 6.08 Å². The number of imide groups is 1. The number of thiazole rings is 1. The van der Waals surface area contributed by atoms with Gasteiger partial charge in [0.2, 0.25) is 0 Å². The summed E-state index contributed by atoms with van der Waals surface area (Å²) >= 11 is 1.60. The molecule has 1 aliphatic rings. The number of unbranched alkanes of at least 4 members (excludes halogenated alkanes) is 3. The van der Waals surface area contributed by atoms with Crippen LogP contribution >= 0.6 is 11.3 Å². The van der Waals surface area contributed by atoms with Crippen molar-refractivity contribution in [2.24, 2.45) is 0 Å². The molecule has 1 aromatic rings. The van der Waals surface area contributed by atoms with E-state index in [-0.39, 0.29) is 16.9 Å². The van der Waals surface area contributed by atoms with Crippen LogP contribution in [0.5, 0.6) is 0 Å². The number of hydrogen-bond donors (Lipinski definition) is 0. The summed E-state index contributed by atoms with van der Waals surface area (Å²) in [7, 11) is 0. The summed E-state index contributed by atoms with van der Waals surface area (Å²) in [6.45, 7) is 16.7. The Morgan fingerprint density at radius 2 is 1.62 bits per heavy atom. The fourth-order valence-corrected chi connectivity index (χ4v) is 5.14. The largest absolute Gasteiger partial charge is 0.348 e. The number of nitrogens with zero attached hydrogens (tertiary/aromatic N) is 4. The Morgan fingerprint density at radius 1 is 1.03 bits per heavy atom. The highest BCUT2D eigenvalue weighted by Gasteiger charge is 2.36. The molecule has 7 heteroatoms. The molecule has 2 rings (SSSR count). The van der Waals surface area contributed by atoms with Gasteiger partial charge in [0.1, 0.15) is 11.6 Å². The summed E-state index contributed by atoms with van der Waals surface area (Å²) in [5, 5.41) is 10.6. The molecule has 1 aliphatic heterocycles. The second kappa shape index (κ2) is 12.3. The summed E-state index contributed by atoms with van der Waals surface area (Å²) in [5.74, 6) is -0.805. The lowest BCUT2D eigenvalue weighted by molar-refractivity contribution is -0.140. The molecule has 0 spiro atoms. The zero-order chi connectivity index (χ0) is 25.5. The van der Waals surface area contributed by atoms with Crippen LogP contribution in [0, 0.1) is 11.3 Å². The van der Waals surface area contributed by atoms with Crippen LogP contribution in [0.4, 0.5) is 5.13 Å². The molecule has 2 heterocycles. The Bertz CT molecular complexity index is 983. The minimum atomic E-state index is -0.484. The molecule has 0 saturated carbocycles. The number of carbonyl (C=O) groups excluding carboxylic acids is 2. The topological polar surface area (TPSA) is 77.3 Å². The zero-order valence-electron chi connectivity index (χ0n) is 22.0. The summed E-state index contributed by atoms with van der Waals surface area (Å²) in [4.78, 5) is 35.7. The Labute approximate surface area is 209 Å². The van der Waals surface area contributed by atoms with E-state index in [1.165, 1.54) is 4.90 Å². The molecule has 0 aromatic carbocycles. The van der Waals surface area contributed by atoms with E-state index in [0.717, 1.165) is 60.9 Å². The molecule has 1 aromatic heterocycles. The smallest absolute Gasteiger partial charge is 0.271 e. The molecule has 0 aliphatic carbocycles. The van der Waals surface area contributed by atoms with Crippen molar-refractivity contribution in [1.82, 2.24) is 9.88 Å². The lowest BCUT2D eigenvalue weighted by Crippen LogP contribution is -2.43. The van der Waals surface area contributed by atoms with E-state index in [2.05, 4.69) is 39.5 Å². The van der Waals surface area contributed by atoms with Crippen molar-refractivity contribution >= 4 is 34.4 Å². The molecular weight excluding hydrogens is 444 g/mol. The van der Waals surface area contributed by atoms with E-state index < -0.39 is 5.91 Å². The average molecular weight is 485 g/mol. The predicted octanol–water partition coefficient (Wildman–Crippen LogP) is 6.24. The van der Waals surface area contributed by atoms with E-state index >= 15 is 0 Å². The molecule has 0 radical (unpaired) electrons. The lowest BCUT2D eigenvalue weighted by atomic mass is 9.89. The number of aromatic nitrogens is 1. The van der Waals surface area contributed by atoms with Gasteiger partial charge in [-0.25, -0.2) is 4.98 Å². The van der Waals surface area contributed by atoms with Crippen molar-refractivity contribution in [3.8, 4) is 6.07 Å². The lowest BCUT2D eigenvalue weighted by Gasteiger charge is -2.27. The summed E-state index contributed by atoms with van der Waals surface area (Å²) < 4.78 is 0. The van der Waals surface area contributed by atoms with Gasteiger partial charge < -0.3 is 4.90 Å². The molecule has 6 nitrogen and oxygen atoms in total. The normalized spacial score (nSPS) is 15.9. The zero-order valence-corrected chi connectivity index (χ0v) is 22.8.